The topological polar surface area (TPSA) is 20.3 Å². The molecule has 0 aliphatic carbocycles. The maximum Gasteiger partial charge on any atom is 0.0494 e. The largest absolute Gasteiger partial charge is 0.369 e. The highest BCUT2D eigenvalue weighted by Gasteiger charge is 2.17. The second-order valence-corrected chi connectivity index (χ2v) is 6.62. The SMILES string of the molecule is O=S1CCN(c2cc(Br)ccc2CCl)CC1. The van der Waals surface area contributed by atoms with Gasteiger partial charge in [0.15, 0.2) is 0 Å². The van der Waals surface area contributed by atoms with Gasteiger partial charge in [0.05, 0.1) is 0 Å². The smallest absolute Gasteiger partial charge is 0.0494 e. The summed E-state index contributed by atoms with van der Waals surface area (Å²) in [5.74, 6) is 2.03. The molecule has 1 heterocycles. The molecule has 0 saturated carbocycles. The van der Waals surface area contributed by atoms with E-state index >= 15 is 0 Å². The monoisotopic (exact) mass is 321 g/mol. The van der Waals surface area contributed by atoms with Crippen LogP contribution in [0, 0.1) is 0 Å². The number of nitrogens with zero attached hydrogens (tertiary/aromatic N) is 1. The van der Waals surface area contributed by atoms with Gasteiger partial charge < -0.3 is 4.90 Å². The van der Waals surface area contributed by atoms with Crippen molar-refractivity contribution in [1.82, 2.24) is 0 Å². The van der Waals surface area contributed by atoms with Crippen LogP contribution in [-0.2, 0) is 16.7 Å². The van der Waals surface area contributed by atoms with Gasteiger partial charge in [-0.1, -0.05) is 22.0 Å². The average Bonchev–Trinajstić information content (AvgIpc) is 2.30. The number of rotatable bonds is 2. The number of anilines is 1. The van der Waals surface area contributed by atoms with Crippen molar-refractivity contribution in [2.45, 2.75) is 5.88 Å². The first-order valence-electron chi connectivity index (χ1n) is 5.15. The minimum atomic E-state index is -0.635. The van der Waals surface area contributed by atoms with E-state index in [1.165, 1.54) is 5.69 Å². The number of alkyl halides is 1. The molecule has 0 radical (unpaired) electrons. The highest BCUT2D eigenvalue weighted by molar-refractivity contribution is 9.10. The van der Waals surface area contributed by atoms with Crippen molar-refractivity contribution in [1.29, 1.82) is 0 Å². The average molecular weight is 323 g/mol. The summed E-state index contributed by atoms with van der Waals surface area (Å²) in [4.78, 5) is 2.27. The minimum Gasteiger partial charge on any atom is -0.369 e. The Labute approximate surface area is 112 Å². The quantitative estimate of drug-likeness (QED) is 0.780. The van der Waals surface area contributed by atoms with E-state index in [0.29, 0.717) is 5.88 Å². The van der Waals surface area contributed by atoms with E-state index in [0.717, 1.165) is 34.6 Å². The van der Waals surface area contributed by atoms with Crippen LogP contribution in [0.1, 0.15) is 5.56 Å². The summed E-state index contributed by atoms with van der Waals surface area (Å²) in [7, 11) is -0.635. The van der Waals surface area contributed by atoms with Gasteiger partial charge in [0.1, 0.15) is 0 Å². The van der Waals surface area contributed by atoms with Crippen LogP contribution >= 0.6 is 27.5 Å². The molecule has 1 aromatic carbocycles. The van der Waals surface area contributed by atoms with Crippen LogP contribution in [0.25, 0.3) is 0 Å². The van der Waals surface area contributed by atoms with Crippen molar-refractivity contribution < 1.29 is 4.21 Å². The highest BCUT2D eigenvalue weighted by atomic mass is 79.9. The zero-order valence-corrected chi connectivity index (χ0v) is 11.9. The molecular formula is C11H13BrClNOS. The molecule has 2 nitrogen and oxygen atoms in total. The lowest BCUT2D eigenvalue weighted by Gasteiger charge is -2.30. The van der Waals surface area contributed by atoms with Crippen molar-refractivity contribution in [3.05, 3.63) is 28.2 Å². The zero-order chi connectivity index (χ0) is 11.5. The van der Waals surface area contributed by atoms with Crippen LogP contribution in [-0.4, -0.2) is 28.8 Å². The van der Waals surface area contributed by atoms with E-state index in [-0.39, 0.29) is 0 Å². The van der Waals surface area contributed by atoms with Crippen LogP contribution in [0.5, 0.6) is 0 Å². The van der Waals surface area contributed by atoms with Crippen LogP contribution in [0.3, 0.4) is 0 Å². The summed E-state index contributed by atoms with van der Waals surface area (Å²) in [6, 6.07) is 6.13. The molecule has 1 aliphatic rings. The number of hydrogen-bond donors (Lipinski definition) is 0. The fourth-order valence-electron chi connectivity index (χ4n) is 1.82. The first-order valence-corrected chi connectivity index (χ1v) is 7.96. The van der Waals surface area contributed by atoms with Crippen molar-refractivity contribution in [2.75, 3.05) is 29.5 Å². The second kappa shape index (κ2) is 5.52. The summed E-state index contributed by atoms with van der Waals surface area (Å²) in [6.07, 6.45) is 0. The Kier molecular flexibility index (Phi) is 4.27. The van der Waals surface area contributed by atoms with Gasteiger partial charge in [-0.05, 0) is 17.7 Å². The van der Waals surface area contributed by atoms with E-state index in [2.05, 4.69) is 26.9 Å². The molecule has 0 N–H and O–H groups in total. The molecule has 2 rings (SSSR count). The Morgan fingerprint density at radius 1 is 1.38 bits per heavy atom. The predicted octanol–water partition coefficient (Wildman–Crippen LogP) is 2.76. The fraction of sp³-hybridized carbons (Fsp3) is 0.455. The predicted molar refractivity (Wildman–Crippen MR) is 73.8 cm³/mol. The van der Waals surface area contributed by atoms with E-state index in [4.69, 9.17) is 11.6 Å². The molecule has 0 atom stereocenters. The van der Waals surface area contributed by atoms with Gasteiger partial charge in [-0.25, -0.2) is 0 Å². The third-order valence-corrected chi connectivity index (χ3v) is 4.77. The van der Waals surface area contributed by atoms with Gasteiger partial charge in [0.2, 0.25) is 0 Å². The summed E-state index contributed by atoms with van der Waals surface area (Å²) in [5, 5.41) is 0. The lowest BCUT2D eigenvalue weighted by Crippen LogP contribution is -2.38. The van der Waals surface area contributed by atoms with Gasteiger partial charge in [-0.15, -0.1) is 11.6 Å². The zero-order valence-electron chi connectivity index (χ0n) is 8.79. The molecular weight excluding hydrogens is 310 g/mol. The molecule has 88 valence electrons. The lowest BCUT2D eigenvalue weighted by molar-refractivity contribution is 0.673. The summed E-state index contributed by atoms with van der Waals surface area (Å²) < 4.78 is 12.4. The Morgan fingerprint density at radius 3 is 2.69 bits per heavy atom. The molecule has 0 bridgehead atoms. The molecule has 16 heavy (non-hydrogen) atoms. The van der Waals surface area contributed by atoms with E-state index in [9.17, 15) is 4.21 Å². The Hall–Kier alpha value is -0.0600. The van der Waals surface area contributed by atoms with Crippen LogP contribution < -0.4 is 4.90 Å². The Morgan fingerprint density at radius 2 is 2.06 bits per heavy atom. The summed E-state index contributed by atoms with van der Waals surface area (Å²) >= 11 is 9.40. The van der Waals surface area contributed by atoms with Crippen LogP contribution in [0.2, 0.25) is 0 Å². The number of halogens is 2. The van der Waals surface area contributed by atoms with Crippen molar-refractivity contribution in [3.8, 4) is 0 Å². The van der Waals surface area contributed by atoms with E-state index < -0.39 is 10.8 Å². The number of hydrogen-bond acceptors (Lipinski definition) is 2. The molecule has 1 fully saturated rings. The first-order chi connectivity index (χ1) is 7.70. The molecule has 0 spiro atoms. The first kappa shape index (κ1) is 12.4. The second-order valence-electron chi connectivity index (χ2n) is 3.74. The van der Waals surface area contributed by atoms with E-state index in [1.54, 1.807) is 0 Å². The van der Waals surface area contributed by atoms with Crippen LogP contribution in [0.15, 0.2) is 22.7 Å². The van der Waals surface area contributed by atoms with Gasteiger partial charge >= 0.3 is 0 Å². The van der Waals surface area contributed by atoms with E-state index in [1.807, 2.05) is 12.1 Å². The van der Waals surface area contributed by atoms with Gasteiger partial charge in [-0.3, -0.25) is 4.21 Å². The Bertz CT molecular complexity index is 403. The van der Waals surface area contributed by atoms with Gasteiger partial charge in [0.25, 0.3) is 0 Å². The van der Waals surface area contributed by atoms with Crippen molar-refractivity contribution in [2.24, 2.45) is 0 Å². The standard InChI is InChI=1S/C11H13BrClNOS/c12-10-2-1-9(8-13)11(7-10)14-3-5-16(15)6-4-14/h1-2,7H,3-6,8H2. The highest BCUT2D eigenvalue weighted by Crippen LogP contribution is 2.27. The van der Waals surface area contributed by atoms with Gasteiger partial charge in [0, 0.05) is 51.4 Å². The molecule has 1 aromatic rings. The molecule has 5 heteroatoms. The maximum atomic E-state index is 11.3. The lowest BCUT2D eigenvalue weighted by atomic mass is 10.2. The fourth-order valence-corrected chi connectivity index (χ4v) is 3.45. The molecule has 0 amide bonds. The molecule has 0 aromatic heterocycles. The number of benzene rings is 1. The van der Waals surface area contributed by atoms with Crippen molar-refractivity contribution in [3.63, 3.8) is 0 Å². The van der Waals surface area contributed by atoms with Crippen molar-refractivity contribution >= 4 is 44.0 Å². The van der Waals surface area contributed by atoms with Gasteiger partial charge in [-0.2, -0.15) is 0 Å². The normalized spacial score (nSPS) is 17.8. The minimum absolute atomic E-state index is 0.516. The van der Waals surface area contributed by atoms with Crippen LogP contribution in [0.4, 0.5) is 5.69 Å². The summed E-state index contributed by atoms with van der Waals surface area (Å²) in [6.45, 7) is 1.71. The third kappa shape index (κ3) is 2.79. The summed E-state index contributed by atoms with van der Waals surface area (Å²) in [5.41, 5.74) is 2.30. The Balaban J connectivity index is 2.24. The maximum absolute atomic E-state index is 11.3. The third-order valence-electron chi connectivity index (χ3n) is 2.71. The molecule has 0 unspecified atom stereocenters. The molecule has 1 saturated heterocycles. The molecule has 1 aliphatic heterocycles.